The highest BCUT2D eigenvalue weighted by atomic mass is 79.9. The van der Waals surface area contributed by atoms with Crippen molar-refractivity contribution in [3.8, 4) is 0 Å². The zero-order valence-electron chi connectivity index (χ0n) is 13.6. The van der Waals surface area contributed by atoms with E-state index in [-0.39, 0.29) is 11.3 Å². The van der Waals surface area contributed by atoms with Crippen molar-refractivity contribution in [2.75, 3.05) is 5.32 Å². The van der Waals surface area contributed by atoms with E-state index in [9.17, 15) is 4.79 Å². The lowest BCUT2D eigenvalue weighted by molar-refractivity contribution is -0.126. The molecule has 1 aliphatic carbocycles. The van der Waals surface area contributed by atoms with E-state index in [4.69, 9.17) is 0 Å². The summed E-state index contributed by atoms with van der Waals surface area (Å²) in [5.74, 6) is 0.762. The van der Waals surface area contributed by atoms with Gasteiger partial charge in [-0.25, -0.2) is 0 Å². The van der Waals surface area contributed by atoms with Crippen LogP contribution >= 0.6 is 15.9 Å². The molecule has 1 saturated carbocycles. The van der Waals surface area contributed by atoms with Gasteiger partial charge in [-0.05, 0) is 72.2 Å². The highest BCUT2D eigenvalue weighted by molar-refractivity contribution is 9.10. The molecule has 0 atom stereocenters. The molecule has 0 bridgehead atoms. The largest absolute Gasteiger partial charge is 0.324 e. The van der Waals surface area contributed by atoms with Gasteiger partial charge in [0.05, 0.1) is 5.69 Å². The summed E-state index contributed by atoms with van der Waals surface area (Å²) in [5, 5.41) is 3.21. The van der Waals surface area contributed by atoms with E-state index in [1.165, 1.54) is 18.4 Å². The first-order chi connectivity index (χ1) is 9.84. The SMILES string of the molecule is Cc1cc(C)c(NC(=O)C2(CC(C)C)CCCC2)c(Br)c1. The summed E-state index contributed by atoms with van der Waals surface area (Å²) >= 11 is 3.59. The standard InChI is InChI=1S/C18H26BrNO/c1-12(2)11-18(7-5-6-8-18)17(21)20-16-14(4)9-13(3)10-15(16)19/h9-10,12H,5-8,11H2,1-4H3,(H,20,21). The van der Waals surface area contributed by atoms with Crippen LogP contribution in [0.2, 0.25) is 0 Å². The number of anilines is 1. The van der Waals surface area contributed by atoms with Gasteiger partial charge in [-0.1, -0.05) is 32.8 Å². The van der Waals surface area contributed by atoms with Crippen LogP contribution in [0.25, 0.3) is 0 Å². The Hall–Kier alpha value is -0.830. The molecule has 0 aliphatic heterocycles. The molecule has 0 spiro atoms. The van der Waals surface area contributed by atoms with Gasteiger partial charge < -0.3 is 5.32 Å². The van der Waals surface area contributed by atoms with Gasteiger partial charge in [-0.15, -0.1) is 0 Å². The third-order valence-corrected chi connectivity index (χ3v) is 5.14. The van der Waals surface area contributed by atoms with Gasteiger partial charge in [0.2, 0.25) is 5.91 Å². The molecule has 0 heterocycles. The Bertz CT molecular complexity index is 507. The minimum absolute atomic E-state index is 0.162. The van der Waals surface area contributed by atoms with Crippen molar-refractivity contribution in [1.29, 1.82) is 0 Å². The van der Waals surface area contributed by atoms with E-state index in [1.807, 2.05) is 0 Å². The van der Waals surface area contributed by atoms with Crippen molar-refractivity contribution >= 4 is 27.5 Å². The van der Waals surface area contributed by atoms with Crippen molar-refractivity contribution in [2.45, 2.75) is 59.8 Å². The number of carbonyl (C=O) groups is 1. The van der Waals surface area contributed by atoms with Gasteiger partial charge in [0.25, 0.3) is 0 Å². The minimum Gasteiger partial charge on any atom is -0.324 e. The second-order valence-corrected chi connectivity index (χ2v) is 7.83. The fourth-order valence-electron chi connectivity index (χ4n) is 3.68. The van der Waals surface area contributed by atoms with Gasteiger partial charge in [0, 0.05) is 9.89 Å². The highest BCUT2D eigenvalue weighted by Crippen LogP contribution is 2.44. The Morgan fingerprint density at radius 1 is 1.29 bits per heavy atom. The van der Waals surface area contributed by atoms with E-state index in [0.29, 0.717) is 5.92 Å². The topological polar surface area (TPSA) is 29.1 Å². The second kappa shape index (κ2) is 6.51. The van der Waals surface area contributed by atoms with Gasteiger partial charge >= 0.3 is 0 Å². The fraction of sp³-hybridized carbons (Fsp3) is 0.611. The van der Waals surface area contributed by atoms with Crippen molar-refractivity contribution < 1.29 is 4.79 Å². The summed E-state index contributed by atoms with van der Waals surface area (Å²) in [5.41, 5.74) is 3.09. The van der Waals surface area contributed by atoms with Crippen LogP contribution in [0.15, 0.2) is 16.6 Å². The molecule has 1 amide bonds. The highest BCUT2D eigenvalue weighted by Gasteiger charge is 2.41. The molecule has 116 valence electrons. The number of rotatable bonds is 4. The minimum atomic E-state index is -0.162. The Labute approximate surface area is 136 Å². The molecule has 0 unspecified atom stereocenters. The van der Waals surface area contributed by atoms with Gasteiger partial charge in [-0.3, -0.25) is 4.79 Å². The number of hydrogen-bond donors (Lipinski definition) is 1. The maximum absolute atomic E-state index is 12.9. The molecule has 0 saturated heterocycles. The van der Waals surface area contributed by atoms with Crippen molar-refractivity contribution in [2.24, 2.45) is 11.3 Å². The zero-order valence-corrected chi connectivity index (χ0v) is 15.1. The molecular formula is C18H26BrNO. The predicted molar refractivity (Wildman–Crippen MR) is 92.6 cm³/mol. The van der Waals surface area contributed by atoms with Crippen molar-refractivity contribution in [3.63, 3.8) is 0 Å². The van der Waals surface area contributed by atoms with E-state index in [2.05, 4.69) is 61.1 Å². The Kier molecular flexibility index (Phi) is 5.13. The van der Waals surface area contributed by atoms with Crippen LogP contribution in [0.3, 0.4) is 0 Å². The van der Waals surface area contributed by atoms with E-state index in [0.717, 1.165) is 35.0 Å². The second-order valence-electron chi connectivity index (χ2n) is 6.98. The van der Waals surface area contributed by atoms with E-state index < -0.39 is 0 Å². The lowest BCUT2D eigenvalue weighted by atomic mass is 9.77. The van der Waals surface area contributed by atoms with Crippen LogP contribution in [0.1, 0.15) is 57.1 Å². The first kappa shape index (κ1) is 16.5. The van der Waals surface area contributed by atoms with Crippen LogP contribution in [-0.4, -0.2) is 5.91 Å². The van der Waals surface area contributed by atoms with Crippen LogP contribution in [0.4, 0.5) is 5.69 Å². The van der Waals surface area contributed by atoms with Crippen LogP contribution in [-0.2, 0) is 4.79 Å². The molecule has 2 rings (SSSR count). The van der Waals surface area contributed by atoms with E-state index in [1.54, 1.807) is 0 Å². The average Bonchev–Trinajstić information content (AvgIpc) is 2.82. The van der Waals surface area contributed by atoms with Crippen molar-refractivity contribution in [3.05, 3.63) is 27.7 Å². The molecule has 0 radical (unpaired) electrons. The molecule has 1 aromatic carbocycles. The molecule has 1 N–H and O–H groups in total. The van der Waals surface area contributed by atoms with Crippen molar-refractivity contribution in [1.82, 2.24) is 0 Å². The van der Waals surface area contributed by atoms with Gasteiger partial charge in [-0.2, -0.15) is 0 Å². The third kappa shape index (κ3) is 3.68. The first-order valence-corrected chi connectivity index (χ1v) is 8.71. The fourth-order valence-corrected chi connectivity index (χ4v) is 4.45. The van der Waals surface area contributed by atoms with Gasteiger partial charge in [0.15, 0.2) is 0 Å². The summed E-state index contributed by atoms with van der Waals surface area (Å²) < 4.78 is 0.978. The molecule has 1 aromatic rings. The molecule has 3 heteroatoms. The average molecular weight is 352 g/mol. The monoisotopic (exact) mass is 351 g/mol. The number of benzene rings is 1. The predicted octanol–water partition coefficient (Wildman–Crippen LogP) is 5.61. The normalized spacial score (nSPS) is 17.2. The third-order valence-electron chi connectivity index (χ3n) is 4.51. The number of hydrogen-bond acceptors (Lipinski definition) is 1. The number of nitrogens with one attached hydrogen (secondary N) is 1. The Morgan fingerprint density at radius 3 is 2.43 bits per heavy atom. The summed E-state index contributed by atoms with van der Waals surface area (Å²) in [6.07, 6.45) is 5.39. The van der Waals surface area contributed by atoms with E-state index >= 15 is 0 Å². The number of halogens is 1. The summed E-state index contributed by atoms with van der Waals surface area (Å²) in [4.78, 5) is 12.9. The Morgan fingerprint density at radius 2 is 1.90 bits per heavy atom. The Balaban J connectivity index is 2.24. The number of amides is 1. The molecule has 21 heavy (non-hydrogen) atoms. The molecule has 1 fully saturated rings. The quantitative estimate of drug-likeness (QED) is 0.750. The number of aryl methyl sites for hydroxylation is 2. The summed E-state index contributed by atoms with van der Waals surface area (Å²) in [6, 6.07) is 4.18. The smallest absolute Gasteiger partial charge is 0.230 e. The summed E-state index contributed by atoms with van der Waals surface area (Å²) in [6.45, 7) is 8.54. The molecular weight excluding hydrogens is 326 g/mol. The first-order valence-electron chi connectivity index (χ1n) is 7.92. The van der Waals surface area contributed by atoms with Gasteiger partial charge in [0.1, 0.15) is 0 Å². The summed E-state index contributed by atoms with van der Waals surface area (Å²) in [7, 11) is 0. The lowest BCUT2D eigenvalue weighted by Crippen LogP contribution is -2.35. The maximum atomic E-state index is 12.9. The molecule has 0 aromatic heterocycles. The van der Waals surface area contributed by atoms with Crippen LogP contribution < -0.4 is 5.32 Å². The maximum Gasteiger partial charge on any atom is 0.230 e. The molecule has 2 nitrogen and oxygen atoms in total. The van der Waals surface area contributed by atoms with Crippen LogP contribution in [0.5, 0.6) is 0 Å². The zero-order chi connectivity index (χ0) is 15.6. The number of carbonyl (C=O) groups excluding carboxylic acids is 1. The van der Waals surface area contributed by atoms with Crippen LogP contribution in [0, 0.1) is 25.2 Å². The molecule has 1 aliphatic rings. The lowest BCUT2D eigenvalue weighted by Gasteiger charge is -2.30.